The van der Waals surface area contributed by atoms with Gasteiger partial charge in [0.15, 0.2) is 8.32 Å². The molecule has 3 aromatic rings. The van der Waals surface area contributed by atoms with Crippen molar-refractivity contribution in [3.63, 3.8) is 0 Å². The van der Waals surface area contributed by atoms with Crippen LogP contribution < -0.4 is 10.4 Å². The summed E-state index contributed by atoms with van der Waals surface area (Å²) in [5.41, 5.74) is 3.57. The number of hydrogen-bond donors (Lipinski definition) is 0. The Morgan fingerprint density at radius 3 is 2.14 bits per heavy atom. The normalized spacial score (nSPS) is 17.4. The van der Waals surface area contributed by atoms with E-state index in [2.05, 4.69) is 118 Å². The van der Waals surface area contributed by atoms with E-state index in [9.17, 15) is 4.79 Å². The van der Waals surface area contributed by atoms with E-state index in [1.807, 2.05) is 42.5 Å². The third-order valence-corrected chi connectivity index (χ3v) is 15.8. The molecule has 0 saturated heterocycles. The molecule has 0 aliphatic rings. The summed E-state index contributed by atoms with van der Waals surface area (Å²) in [6.07, 6.45) is 13.2. The number of rotatable bonds is 22. The lowest BCUT2D eigenvalue weighted by Crippen LogP contribution is -2.50. The van der Waals surface area contributed by atoms with Crippen molar-refractivity contribution in [3.05, 3.63) is 119 Å². The molecular weight excluding hydrogens is 717 g/mol. The molecule has 56 heavy (non-hydrogen) atoms. The highest BCUT2D eigenvalue weighted by Gasteiger charge is 2.43. The summed E-state index contributed by atoms with van der Waals surface area (Å²) >= 11 is 0. The molecule has 0 aliphatic heterocycles. The molecule has 0 N–H and O–H groups in total. The van der Waals surface area contributed by atoms with Crippen LogP contribution in [0.3, 0.4) is 0 Å². The van der Waals surface area contributed by atoms with Crippen LogP contribution in [0, 0.1) is 29.6 Å². The van der Waals surface area contributed by atoms with Crippen LogP contribution in [-0.2, 0) is 25.2 Å². The van der Waals surface area contributed by atoms with Crippen molar-refractivity contribution < 1.29 is 27.8 Å². The molecule has 3 rings (SSSR count). The van der Waals surface area contributed by atoms with Gasteiger partial charge in [0, 0.05) is 42.2 Å². The molecule has 0 fully saturated rings. The van der Waals surface area contributed by atoms with Crippen LogP contribution in [0.5, 0.6) is 5.75 Å². The fourth-order valence-corrected chi connectivity index (χ4v) is 8.70. The molecule has 2 aromatic carbocycles. The van der Waals surface area contributed by atoms with Gasteiger partial charge in [-0.1, -0.05) is 128 Å². The Hall–Kier alpha value is -3.53. The summed E-state index contributed by atoms with van der Waals surface area (Å²) in [6, 6.07) is 17.2. The van der Waals surface area contributed by atoms with Crippen LogP contribution in [0.25, 0.3) is 17.0 Å². The van der Waals surface area contributed by atoms with Crippen molar-refractivity contribution in [2.24, 2.45) is 29.6 Å². The van der Waals surface area contributed by atoms with E-state index in [4.69, 9.17) is 27.8 Å². The van der Waals surface area contributed by atoms with E-state index in [0.29, 0.717) is 12.2 Å². The third kappa shape index (κ3) is 13.8. The van der Waals surface area contributed by atoms with Gasteiger partial charge in [0.05, 0.1) is 32.0 Å². The Bertz CT molecular complexity index is 1800. The highest BCUT2D eigenvalue weighted by Crippen LogP contribution is 2.41. The number of ether oxygens (including phenoxy) is 4. The van der Waals surface area contributed by atoms with Crippen molar-refractivity contribution in [2.75, 3.05) is 21.0 Å². The molecule has 0 aliphatic carbocycles. The van der Waals surface area contributed by atoms with Gasteiger partial charge in [0.2, 0.25) is 0 Å². The maximum absolute atomic E-state index is 11.8. The first-order chi connectivity index (χ1) is 26.4. The van der Waals surface area contributed by atoms with Gasteiger partial charge in [-0.25, -0.2) is 4.79 Å². The van der Waals surface area contributed by atoms with Gasteiger partial charge in [-0.15, -0.1) is 0 Å². The molecule has 0 unspecified atom stereocenters. The van der Waals surface area contributed by atoms with E-state index < -0.39 is 8.32 Å². The molecule has 0 spiro atoms. The lowest BCUT2D eigenvalue weighted by atomic mass is 9.81. The minimum Gasteiger partial charge on any atom is -0.497 e. The molecule has 8 atom stereocenters. The van der Waals surface area contributed by atoms with E-state index in [1.54, 1.807) is 20.3 Å². The highest BCUT2D eigenvalue weighted by molar-refractivity contribution is 6.74. The van der Waals surface area contributed by atoms with Crippen molar-refractivity contribution in [2.45, 2.75) is 112 Å². The first-order valence-corrected chi connectivity index (χ1v) is 23.0. The first-order valence-electron chi connectivity index (χ1n) is 20.1. The average Bonchev–Trinajstić information content (AvgIpc) is 3.14. The van der Waals surface area contributed by atoms with Gasteiger partial charge >= 0.3 is 5.63 Å². The van der Waals surface area contributed by atoms with Crippen LogP contribution in [-0.4, -0.2) is 47.6 Å². The van der Waals surface area contributed by atoms with Crippen molar-refractivity contribution >= 4 is 25.4 Å². The van der Waals surface area contributed by atoms with Gasteiger partial charge in [-0.2, -0.15) is 0 Å². The second kappa shape index (κ2) is 21.8. The van der Waals surface area contributed by atoms with Gasteiger partial charge in [-0.3, -0.25) is 0 Å². The van der Waals surface area contributed by atoms with Crippen LogP contribution in [0.1, 0.15) is 79.9 Å². The SMILES string of the molecule is C=C/C=C\[C@H](C)[C@H](OCc1ccc(OC)cc1)[C@@H](C)[C@H](O[Si](C)(C)C(C)(C)C)[C@@H](C)C/C(C)=C\[C@H](C)[C@@H](OCOC)[C@@H](C)/C=C\c1ccc2ccc(=O)oc2c1. The predicted octanol–water partition coefficient (Wildman–Crippen LogP) is 12.0. The fraction of sp³-hybridized carbons (Fsp3) is 0.521. The Morgan fingerprint density at radius 1 is 0.857 bits per heavy atom. The molecule has 0 radical (unpaired) electrons. The minimum absolute atomic E-state index is 0.0382. The lowest BCUT2D eigenvalue weighted by Gasteiger charge is -2.45. The number of methoxy groups -OCH3 is 2. The summed E-state index contributed by atoms with van der Waals surface area (Å²) in [7, 11) is 1.17. The highest BCUT2D eigenvalue weighted by atomic mass is 28.4. The van der Waals surface area contributed by atoms with Gasteiger partial charge < -0.3 is 27.8 Å². The summed E-state index contributed by atoms with van der Waals surface area (Å²) < 4.78 is 36.7. The summed E-state index contributed by atoms with van der Waals surface area (Å²) in [4.78, 5) is 11.8. The quantitative estimate of drug-likeness (QED) is 0.0330. The van der Waals surface area contributed by atoms with Crippen molar-refractivity contribution in [3.8, 4) is 5.75 Å². The maximum Gasteiger partial charge on any atom is 0.336 e. The predicted molar refractivity (Wildman–Crippen MR) is 235 cm³/mol. The molecular formula is C48H70O7Si. The average molecular weight is 787 g/mol. The molecule has 308 valence electrons. The zero-order valence-corrected chi connectivity index (χ0v) is 37.5. The molecule has 7 nitrogen and oxygen atoms in total. The van der Waals surface area contributed by atoms with Gasteiger partial charge in [-0.05, 0) is 72.8 Å². The van der Waals surface area contributed by atoms with Crippen LogP contribution >= 0.6 is 0 Å². The summed E-state index contributed by atoms with van der Waals surface area (Å²) in [6.45, 7) is 29.7. The zero-order chi connectivity index (χ0) is 41.6. The molecule has 1 heterocycles. The van der Waals surface area contributed by atoms with Crippen molar-refractivity contribution in [1.29, 1.82) is 0 Å². The van der Waals surface area contributed by atoms with Gasteiger partial charge in [0.25, 0.3) is 0 Å². The molecule has 1 aromatic heterocycles. The standard InChI is InChI=1S/C48H70O7Si/c1-15-16-17-34(3)46(52-31-40-21-25-42(51-12)26-22-40)38(7)47(55-56(13,14)48(8,9)10)37(6)29-33(2)28-36(5)45(53-32-50-11)35(4)18-19-39-20-23-41-24-27-44(49)54-43(41)30-39/h15-28,30,34-38,45-47H,1,29,31-32H2,2-14H3/b17-16-,19-18-,33-28-/t34-,35-,36-,37-,38+,45-,46-,47+/m0/s1. The topological polar surface area (TPSA) is 76.4 Å². The Balaban J connectivity index is 1.89. The summed E-state index contributed by atoms with van der Waals surface area (Å²) in [5.74, 6) is 1.46. The van der Waals surface area contributed by atoms with E-state index >= 15 is 0 Å². The second-order valence-corrected chi connectivity index (χ2v) is 21.9. The summed E-state index contributed by atoms with van der Waals surface area (Å²) in [5, 5.41) is 0.940. The van der Waals surface area contributed by atoms with E-state index in [0.717, 1.165) is 28.7 Å². The number of benzene rings is 2. The van der Waals surface area contributed by atoms with Crippen molar-refractivity contribution in [1.82, 2.24) is 0 Å². The Labute approximate surface area is 338 Å². The Kier molecular flexibility index (Phi) is 18.3. The van der Waals surface area contributed by atoms with E-state index in [1.165, 1.54) is 11.6 Å². The largest absolute Gasteiger partial charge is 0.497 e. The van der Waals surface area contributed by atoms with Gasteiger partial charge in [0.1, 0.15) is 18.1 Å². The molecule has 8 heteroatoms. The van der Waals surface area contributed by atoms with Crippen LogP contribution in [0.4, 0.5) is 0 Å². The number of allylic oxidation sites excluding steroid dienone is 3. The molecule has 0 bridgehead atoms. The number of fused-ring (bicyclic) bond motifs is 1. The van der Waals surface area contributed by atoms with Crippen LogP contribution in [0.15, 0.2) is 106 Å². The monoisotopic (exact) mass is 786 g/mol. The lowest BCUT2D eigenvalue weighted by molar-refractivity contribution is -0.0947. The zero-order valence-electron chi connectivity index (χ0n) is 36.5. The molecule has 0 saturated carbocycles. The second-order valence-electron chi connectivity index (χ2n) is 17.2. The van der Waals surface area contributed by atoms with E-state index in [-0.39, 0.29) is 65.4 Å². The minimum atomic E-state index is -2.17. The maximum atomic E-state index is 11.8. The first kappa shape index (κ1) is 46.8. The smallest absolute Gasteiger partial charge is 0.336 e. The Morgan fingerprint density at radius 2 is 1.52 bits per heavy atom. The molecule has 0 amide bonds. The fourth-order valence-electron chi connectivity index (χ4n) is 7.22. The third-order valence-electron chi connectivity index (χ3n) is 11.4. The number of hydrogen-bond acceptors (Lipinski definition) is 7. The van der Waals surface area contributed by atoms with Crippen LogP contribution in [0.2, 0.25) is 18.1 Å².